The van der Waals surface area contributed by atoms with E-state index in [1.807, 2.05) is 25.1 Å². The van der Waals surface area contributed by atoms with Gasteiger partial charge in [0.2, 0.25) is 0 Å². The number of aryl methyl sites for hydroxylation is 1. The summed E-state index contributed by atoms with van der Waals surface area (Å²) in [4.78, 5) is 22.3. The molecule has 1 fully saturated rings. The summed E-state index contributed by atoms with van der Waals surface area (Å²) in [5.41, 5.74) is -2.36. The van der Waals surface area contributed by atoms with E-state index in [0.717, 1.165) is 22.9 Å². The van der Waals surface area contributed by atoms with Crippen molar-refractivity contribution in [1.82, 2.24) is 9.97 Å². The lowest BCUT2D eigenvalue weighted by molar-refractivity contribution is -0.128. The van der Waals surface area contributed by atoms with Crippen LogP contribution in [0.5, 0.6) is 5.75 Å². The zero-order valence-corrected chi connectivity index (χ0v) is 21.1. The van der Waals surface area contributed by atoms with Gasteiger partial charge in [0.05, 0.1) is 11.4 Å². The summed E-state index contributed by atoms with van der Waals surface area (Å²) in [5.74, 6) is 0.149. The third kappa shape index (κ3) is 4.21. The second-order valence-corrected chi connectivity index (χ2v) is 11.2. The van der Waals surface area contributed by atoms with E-state index in [9.17, 15) is 26.4 Å². The number of hydrogen-bond donors (Lipinski definition) is 0. The van der Waals surface area contributed by atoms with Crippen LogP contribution < -0.4 is 4.18 Å². The predicted octanol–water partition coefficient (Wildman–Crippen LogP) is 5.53. The number of hydrogen-bond acceptors (Lipinski definition) is 6. The van der Waals surface area contributed by atoms with Crippen LogP contribution in [0, 0.1) is 18.8 Å². The average molecular weight is 531 g/mol. The lowest BCUT2D eigenvalue weighted by atomic mass is 9.52. The lowest BCUT2D eigenvalue weighted by Gasteiger charge is -2.50. The zero-order chi connectivity index (χ0) is 26.6. The van der Waals surface area contributed by atoms with E-state index in [4.69, 9.17) is 4.98 Å². The Bertz CT molecular complexity index is 1470. The van der Waals surface area contributed by atoms with Crippen molar-refractivity contribution in [1.29, 1.82) is 0 Å². The van der Waals surface area contributed by atoms with Crippen molar-refractivity contribution >= 4 is 15.9 Å². The summed E-state index contributed by atoms with van der Waals surface area (Å²) in [6.45, 7) is 3.73. The fourth-order valence-electron chi connectivity index (χ4n) is 6.02. The third-order valence-electron chi connectivity index (χ3n) is 7.64. The minimum absolute atomic E-state index is 0.0393. The molecule has 3 atom stereocenters. The summed E-state index contributed by atoms with van der Waals surface area (Å²) in [5, 5.41) is 0. The van der Waals surface area contributed by atoms with Crippen LogP contribution in [0.2, 0.25) is 0 Å². The van der Waals surface area contributed by atoms with Crippen molar-refractivity contribution < 1.29 is 30.6 Å². The summed E-state index contributed by atoms with van der Waals surface area (Å²) in [7, 11) is -5.81. The zero-order valence-electron chi connectivity index (χ0n) is 20.2. The van der Waals surface area contributed by atoms with Gasteiger partial charge in [-0.25, -0.2) is 9.97 Å². The SMILES string of the molecule is Cc1nc(-c2cccc(OS(=O)(=O)C(F)(F)F)c2)c2c(n1)[C@@]1(c3ccccc3)CCC(=O)[C@@H](C)[C@@H]1CC2. The topological polar surface area (TPSA) is 86.2 Å². The standard InChI is InChI=1S/C27H25F3N2O4S/c1-16-22-12-11-21-24(18-7-6-10-20(15-18)36-37(34,35)27(28,29)30)31-17(2)32-25(21)26(22,14-13-23(16)33)19-8-4-3-5-9-19/h3-10,15-16,22H,11-14H2,1-2H3/t16-,22-,26+/m0/s1. The molecule has 0 amide bonds. The van der Waals surface area contributed by atoms with Crippen molar-refractivity contribution in [3.63, 3.8) is 0 Å². The van der Waals surface area contributed by atoms with E-state index >= 15 is 0 Å². The first-order valence-corrected chi connectivity index (χ1v) is 13.4. The highest BCUT2D eigenvalue weighted by Crippen LogP contribution is 2.55. The van der Waals surface area contributed by atoms with E-state index in [1.165, 1.54) is 12.1 Å². The summed E-state index contributed by atoms with van der Waals surface area (Å²) in [6.07, 6.45) is 2.31. The first kappa shape index (κ1) is 25.4. The maximum atomic E-state index is 12.9. The second-order valence-electron chi connectivity index (χ2n) is 9.70. The molecular formula is C27H25F3N2O4S. The van der Waals surface area contributed by atoms with Gasteiger partial charge >= 0.3 is 15.6 Å². The fraction of sp³-hybridized carbons (Fsp3) is 0.370. The smallest absolute Gasteiger partial charge is 0.376 e. The highest BCUT2D eigenvalue weighted by molar-refractivity contribution is 7.88. The molecule has 2 aliphatic carbocycles. The largest absolute Gasteiger partial charge is 0.534 e. The van der Waals surface area contributed by atoms with Gasteiger partial charge in [-0.3, -0.25) is 4.79 Å². The van der Waals surface area contributed by atoms with E-state index < -0.39 is 26.8 Å². The number of carbonyl (C=O) groups excluding carboxylic acids is 1. The Morgan fingerprint density at radius 1 is 1.03 bits per heavy atom. The molecular weight excluding hydrogens is 505 g/mol. The number of halogens is 3. The highest BCUT2D eigenvalue weighted by atomic mass is 32.2. The van der Waals surface area contributed by atoms with Gasteiger partial charge in [-0.15, -0.1) is 0 Å². The molecule has 5 rings (SSSR count). The Morgan fingerprint density at radius 2 is 1.76 bits per heavy atom. The molecule has 37 heavy (non-hydrogen) atoms. The molecule has 0 unspecified atom stereocenters. The van der Waals surface area contributed by atoms with Crippen molar-refractivity contribution in [2.24, 2.45) is 11.8 Å². The Kier molecular flexibility index (Phi) is 6.13. The van der Waals surface area contributed by atoms with E-state index in [-0.39, 0.29) is 17.6 Å². The van der Waals surface area contributed by atoms with Crippen LogP contribution in [0.3, 0.4) is 0 Å². The summed E-state index contributed by atoms with van der Waals surface area (Å²) >= 11 is 0. The van der Waals surface area contributed by atoms with Gasteiger partial charge in [0, 0.05) is 28.9 Å². The van der Waals surface area contributed by atoms with Gasteiger partial charge < -0.3 is 4.18 Å². The number of nitrogens with zero attached hydrogens (tertiary/aromatic N) is 2. The highest BCUT2D eigenvalue weighted by Gasteiger charge is 2.53. The van der Waals surface area contributed by atoms with E-state index in [0.29, 0.717) is 42.8 Å². The Labute approximate surface area is 213 Å². The Hall–Kier alpha value is -3.27. The molecule has 3 aromatic rings. The first-order chi connectivity index (χ1) is 17.4. The van der Waals surface area contributed by atoms with Gasteiger partial charge in [0.1, 0.15) is 17.4 Å². The normalized spacial score (nSPS) is 23.8. The summed E-state index contributed by atoms with van der Waals surface area (Å²) in [6, 6.07) is 15.5. The Balaban J connectivity index is 1.68. The molecule has 0 bridgehead atoms. The quantitative estimate of drug-likeness (QED) is 0.326. The molecule has 2 aliphatic rings. The maximum absolute atomic E-state index is 12.9. The number of benzene rings is 2. The average Bonchev–Trinajstić information content (AvgIpc) is 2.85. The van der Waals surface area contributed by atoms with Crippen molar-refractivity contribution in [3.8, 4) is 17.0 Å². The number of alkyl halides is 3. The van der Waals surface area contributed by atoms with Crippen LogP contribution in [0.1, 0.15) is 48.8 Å². The number of rotatable bonds is 4. The van der Waals surface area contributed by atoms with Gasteiger partial charge in [-0.05, 0) is 49.8 Å². The molecule has 2 aromatic carbocycles. The number of Topliss-reactive ketones (excluding diaryl/α,β-unsaturated/α-hetero) is 1. The molecule has 194 valence electrons. The van der Waals surface area contributed by atoms with Crippen LogP contribution >= 0.6 is 0 Å². The molecule has 10 heteroatoms. The third-order valence-corrected chi connectivity index (χ3v) is 8.62. The molecule has 0 saturated heterocycles. The van der Waals surface area contributed by atoms with Gasteiger partial charge in [-0.2, -0.15) is 21.6 Å². The lowest BCUT2D eigenvalue weighted by Crippen LogP contribution is -2.50. The van der Waals surface area contributed by atoms with E-state index in [2.05, 4.69) is 21.3 Å². The van der Waals surface area contributed by atoms with Crippen LogP contribution in [0.25, 0.3) is 11.3 Å². The predicted molar refractivity (Wildman–Crippen MR) is 130 cm³/mol. The molecule has 1 saturated carbocycles. The molecule has 0 spiro atoms. The summed E-state index contributed by atoms with van der Waals surface area (Å²) < 4.78 is 66.2. The van der Waals surface area contributed by atoms with Gasteiger partial charge in [0.15, 0.2) is 0 Å². The van der Waals surface area contributed by atoms with Crippen molar-refractivity contribution in [2.75, 3.05) is 0 Å². The monoisotopic (exact) mass is 530 g/mol. The molecule has 0 N–H and O–H groups in total. The first-order valence-electron chi connectivity index (χ1n) is 12.0. The molecule has 6 nitrogen and oxygen atoms in total. The van der Waals surface area contributed by atoms with E-state index in [1.54, 1.807) is 13.0 Å². The van der Waals surface area contributed by atoms with Crippen molar-refractivity contribution in [2.45, 2.75) is 50.5 Å². The minimum atomic E-state index is -5.81. The number of carbonyl (C=O) groups is 1. The number of ketones is 1. The van der Waals surface area contributed by atoms with Crippen LogP contribution in [0.4, 0.5) is 13.2 Å². The fourth-order valence-corrected chi connectivity index (χ4v) is 6.47. The molecule has 0 aliphatic heterocycles. The molecule has 1 heterocycles. The number of fused-ring (bicyclic) bond motifs is 3. The Morgan fingerprint density at radius 3 is 2.46 bits per heavy atom. The minimum Gasteiger partial charge on any atom is -0.376 e. The van der Waals surface area contributed by atoms with Gasteiger partial charge in [0.25, 0.3) is 0 Å². The maximum Gasteiger partial charge on any atom is 0.534 e. The van der Waals surface area contributed by atoms with Crippen molar-refractivity contribution in [3.05, 3.63) is 77.2 Å². The van der Waals surface area contributed by atoms with Crippen LogP contribution in [-0.4, -0.2) is 29.7 Å². The second kappa shape index (κ2) is 8.93. The van der Waals surface area contributed by atoms with Gasteiger partial charge in [-0.1, -0.05) is 49.4 Å². The molecule has 1 aromatic heterocycles. The van der Waals surface area contributed by atoms with Crippen LogP contribution in [0.15, 0.2) is 54.6 Å². The molecule has 0 radical (unpaired) electrons. The van der Waals surface area contributed by atoms with Crippen LogP contribution in [-0.2, 0) is 26.7 Å². The number of aromatic nitrogens is 2.